The number of hydrogen-bond donors (Lipinski definition) is 6. The van der Waals surface area contributed by atoms with E-state index in [9.17, 15) is 30.0 Å². The van der Waals surface area contributed by atoms with Gasteiger partial charge in [-0.1, -0.05) is 36.4 Å². The maximum atomic E-state index is 11.8. The van der Waals surface area contributed by atoms with Gasteiger partial charge in [0.1, 0.15) is 22.6 Å². The van der Waals surface area contributed by atoms with Gasteiger partial charge < -0.3 is 31.9 Å². The lowest BCUT2D eigenvalue weighted by atomic mass is 9.78. The van der Waals surface area contributed by atoms with Gasteiger partial charge in [0.25, 0.3) is 0 Å². The summed E-state index contributed by atoms with van der Waals surface area (Å²) < 4.78 is 0. The second-order valence-electron chi connectivity index (χ2n) is 6.09. The fourth-order valence-corrected chi connectivity index (χ4v) is 2.81. The topological polar surface area (TPSA) is 167 Å². The van der Waals surface area contributed by atoms with Gasteiger partial charge >= 0.3 is 11.9 Å². The van der Waals surface area contributed by atoms with Gasteiger partial charge in [-0.05, 0) is 25.0 Å². The van der Waals surface area contributed by atoms with Crippen molar-refractivity contribution in [2.45, 2.75) is 23.9 Å². The lowest BCUT2D eigenvalue weighted by molar-refractivity contribution is -0.147. The molecule has 0 saturated carbocycles. The number of phenols is 2. The number of benzene rings is 2. The van der Waals surface area contributed by atoms with E-state index in [1.807, 2.05) is 0 Å². The SMILES string of the molecule is NC(CCC(N)(C(=O)O)c1ccccc1O)(C(=O)O)c1ccccc1O. The molecule has 0 radical (unpaired) electrons. The molecule has 0 bridgehead atoms. The van der Waals surface area contributed by atoms with Gasteiger partial charge in [0.15, 0.2) is 0 Å². The van der Waals surface area contributed by atoms with E-state index in [0.29, 0.717) is 0 Å². The quantitative estimate of drug-likeness (QED) is 0.426. The Morgan fingerprint density at radius 3 is 1.31 bits per heavy atom. The molecule has 138 valence electrons. The number of nitrogens with two attached hydrogens (primary N) is 2. The zero-order valence-electron chi connectivity index (χ0n) is 13.8. The predicted octanol–water partition coefficient (Wildman–Crippen LogP) is 1.06. The summed E-state index contributed by atoms with van der Waals surface area (Å²) in [5, 5.41) is 39.1. The molecular weight excluding hydrogens is 340 g/mol. The molecule has 26 heavy (non-hydrogen) atoms. The van der Waals surface area contributed by atoms with Gasteiger partial charge in [-0.25, -0.2) is 9.59 Å². The number of carbonyl (C=O) groups is 2. The van der Waals surface area contributed by atoms with Crippen LogP contribution in [0, 0.1) is 0 Å². The molecule has 0 amide bonds. The van der Waals surface area contributed by atoms with Gasteiger partial charge in [-0.15, -0.1) is 0 Å². The highest BCUT2D eigenvalue weighted by atomic mass is 16.4. The minimum Gasteiger partial charge on any atom is -0.508 e. The molecular formula is C18H20N2O6. The first-order valence-electron chi connectivity index (χ1n) is 7.74. The van der Waals surface area contributed by atoms with E-state index in [0.717, 1.165) is 0 Å². The Balaban J connectivity index is 2.44. The van der Waals surface area contributed by atoms with Crippen LogP contribution >= 0.6 is 0 Å². The van der Waals surface area contributed by atoms with E-state index in [-0.39, 0.29) is 22.6 Å². The number of carboxylic acids is 2. The van der Waals surface area contributed by atoms with Crippen molar-refractivity contribution in [1.29, 1.82) is 0 Å². The largest absolute Gasteiger partial charge is 0.508 e. The number of aliphatic carboxylic acids is 2. The fraction of sp³-hybridized carbons (Fsp3) is 0.222. The molecule has 2 aromatic carbocycles. The molecule has 0 spiro atoms. The van der Waals surface area contributed by atoms with Gasteiger partial charge in [0.05, 0.1) is 0 Å². The highest BCUT2D eigenvalue weighted by molar-refractivity contribution is 5.83. The van der Waals surface area contributed by atoms with Crippen LogP contribution in [-0.2, 0) is 20.7 Å². The van der Waals surface area contributed by atoms with Gasteiger partial charge in [0.2, 0.25) is 0 Å². The first-order chi connectivity index (χ1) is 12.1. The summed E-state index contributed by atoms with van der Waals surface area (Å²) in [5.74, 6) is -3.52. The Morgan fingerprint density at radius 2 is 1.04 bits per heavy atom. The van der Waals surface area contributed by atoms with Crippen molar-refractivity contribution >= 4 is 11.9 Å². The van der Waals surface area contributed by atoms with Crippen LogP contribution in [-0.4, -0.2) is 32.4 Å². The van der Waals surface area contributed by atoms with Crippen LogP contribution in [0.15, 0.2) is 48.5 Å². The third-order valence-electron chi connectivity index (χ3n) is 4.45. The smallest absolute Gasteiger partial charge is 0.328 e. The summed E-state index contributed by atoms with van der Waals surface area (Å²) in [6, 6.07) is 11.3. The first-order valence-corrected chi connectivity index (χ1v) is 7.74. The summed E-state index contributed by atoms with van der Waals surface area (Å²) in [6.45, 7) is 0. The minimum atomic E-state index is -2.06. The second-order valence-corrected chi connectivity index (χ2v) is 6.09. The Kier molecular flexibility index (Phi) is 5.20. The normalized spacial score (nSPS) is 15.6. The van der Waals surface area contributed by atoms with E-state index >= 15 is 0 Å². The molecule has 0 aliphatic rings. The Labute approximate surface area is 149 Å². The number of rotatable bonds is 7. The summed E-state index contributed by atoms with van der Waals surface area (Å²) >= 11 is 0. The first kappa shape index (κ1) is 19.2. The van der Waals surface area contributed by atoms with Crippen LogP contribution in [0.4, 0.5) is 0 Å². The number of carboxylic acid groups (broad SMARTS) is 2. The summed E-state index contributed by atoms with van der Waals surface area (Å²) in [6.07, 6.45) is -0.784. The van der Waals surface area contributed by atoms with Crippen molar-refractivity contribution in [2.75, 3.05) is 0 Å². The Morgan fingerprint density at radius 1 is 0.731 bits per heavy atom. The van der Waals surface area contributed by atoms with Crippen molar-refractivity contribution in [3.8, 4) is 11.5 Å². The molecule has 2 unspecified atom stereocenters. The maximum absolute atomic E-state index is 11.8. The molecule has 2 atom stereocenters. The van der Waals surface area contributed by atoms with Crippen LogP contribution < -0.4 is 11.5 Å². The molecule has 0 aliphatic heterocycles. The van der Waals surface area contributed by atoms with Gasteiger partial charge in [-0.2, -0.15) is 0 Å². The highest BCUT2D eigenvalue weighted by Gasteiger charge is 2.44. The van der Waals surface area contributed by atoms with Crippen molar-refractivity contribution in [1.82, 2.24) is 0 Å². The van der Waals surface area contributed by atoms with E-state index < -0.39 is 35.9 Å². The standard InChI is InChI=1S/C18H20N2O6/c19-17(15(23)24,11-5-1-3-7-13(11)21)9-10-18(20,16(25)26)12-6-2-4-8-14(12)22/h1-8,21-22H,9-10,19-20H2,(H,23,24)(H,25,26). The number of aromatic hydroxyl groups is 2. The Bertz CT molecular complexity index is 770. The monoisotopic (exact) mass is 360 g/mol. The van der Waals surface area contributed by atoms with E-state index in [2.05, 4.69) is 0 Å². The van der Waals surface area contributed by atoms with Gasteiger partial charge in [-0.3, -0.25) is 0 Å². The summed E-state index contributed by atoms with van der Waals surface area (Å²) in [7, 11) is 0. The zero-order valence-corrected chi connectivity index (χ0v) is 13.8. The van der Waals surface area contributed by atoms with Gasteiger partial charge in [0, 0.05) is 11.1 Å². The number of hydrogen-bond acceptors (Lipinski definition) is 6. The molecule has 8 N–H and O–H groups in total. The summed E-state index contributed by atoms with van der Waals surface area (Å²) in [4.78, 5) is 23.6. The third kappa shape index (κ3) is 3.32. The fourth-order valence-electron chi connectivity index (χ4n) is 2.81. The second kappa shape index (κ2) is 7.03. The minimum absolute atomic E-state index is 0.0578. The molecule has 2 aromatic rings. The van der Waals surface area contributed by atoms with Crippen LogP contribution in [0.2, 0.25) is 0 Å². The molecule has 8 nitrogen and oxygen atoms in total. The third-order valence-corrected chi connectivity index (χ3v) is 4.45. The molecule has 0 heterocycles. The molecule has 0 aliphatic carbocycles. The molecule has 0 saturated heterocycles. The lowest BCUT2D eigenvalue weighted by Crippen LogP contribution is -2.50. The molecule has 8 heteroatoms. The number of para-hydroxylation sites is 2. The molecule has 0 fully saturated rings. The molecule has 2 rings (SSSR count). The van der Waals surface area contributed by atoms with Crippen LogP contribution in [0.1, 0.15) is 24.0 Å². The van der Waals surface area contributed by atoms with E-state index in [1.54, 1.807) is 0 Å². The van der Waals surface area contributed by atoms with Crippen LogP contribution in [0.3, 0.4) is 0 Å². The predicted molar refractivity (Wildman–Crippen MR) is 92.5 cm³/mol. The number of phenolic OH excluding ortho intramolecular Hbond substituents is 2. The molecule has 0 aromatic heterocycles. The van der Waals surface area contributed by atoms with Crippen molar-refractivity contribution < 1.29 is 30.0 Å². The zero-order chi connectivity index (χ0) is 19.5. The van der Waals surface area contributed by atoms with Crippen LogP contribution in [0.25, 0.3) is 0 Å². The maximum Gasteiger partial charge on any atom is 0.328 e. The highest BCUT2D eigenvalue weighted by Crippen LogP contribution is 2.37. The van der Waals surface area contributed by atoms with Crippen molar-refractivity contribution in [3.05, 3.63) is 59.7 Å². The average Bonchev–Trinajstić information content (AvgIpc) is 2.59. The van der Waals surface area contributed by atoms with Crippen molar-refractivity contribution in [3.63, 3.8) is 0 Å². The summed E-state index contributed by atoms with van der Waals surface area (Å²) in [5.41, 5.74) is 7.80. The average molecular weight is 360 g/mol. The Hall–Kier alpha value is -3.10. The lowest BCUT2D eigenvalue weighted by Gasteiger charge is -2.31. The van der Waals surface area contributed by atoms with Crippen molar-refractivity contribution in [2.24, 2.45) is 11.5 Å². The van der Waals surface area contributed by atoms with Crippen LogP contribution in [0.5, 0.6) is 11.5 Å². The van der Waals surface area contributed by atoms with E-state index in [4.69, 9.17) is 11.5 Å². The van der Waals surface area contributed by atoms with E-state index in [1.165, 1.54) is 48.5 Å².